The summed E-state index contributed by atoms with van der Waals surface area (Å²) in [7, 11) is 0. The molecular formula is C19H24N4O2. The minimum Gasteiger partial charge on any atom is -0.491 e. The van der Waals surface area contributed by atoms with Crippen LogP contribution in [-0.2, 0) is 4.79 Å². The van der Waals surface area contributed by atoms with Crippen molar-refractivity contribution in [3.05, 3.63) is 48.3 Å². The summed E-state index contributed by atoms with van der Waals surface area (Å²) < 4.78 is 5.71. The Morgan fingerprint density at radius 2 is 1.84 bits per heavy atom. The average Bonchev–Trinajstić information content (AvgIpc) is 2.62. The van der Waals surface area contributed by atoms with Gasteiger partial charge in [-0.3, -0.25) is 4.79 Å². The Hall–Kier alpha value is -2.63. The molecule has 0 N–H and O–H groups in total. The van der Waals surface area contributed by atoms with E-state index < -0.39 is 0 Å². The number of anilines is 1. The fourth-order valence-corrected chi connectivity index (χ4v) is 3.12. The highest BCUT2D eigenvalue weighted by molar-refractivity contribution is 5.74. The second-order valence-electron chi connectivity index (χ2n) is 6.46. The van der Waals surface area contributed by atoms with Gasteiger partial charge in [0.15, 0.2) is 0 Å². The first-order chi connectivity index (χ1) is 12.0. The molecule has 0 radical (unpaired) electrons. The predicted molar refractivity (Wildman–Crippen MR) is 96.6 cm³/mol. The fraction of sp³-hybridized carbons (Fsp3) is 0.421. The molecule has 1 saturated heterocycles. The van der Waals surface area contributed by atoms with Gasteiger partial charge < -0.3 is 14.5 Å². The standard InChI is InChI=1S/C19H24N4O2/c1-14(2)25-17-7-5-16(6-8-17)18-13-22(11-12-23(18)15(3)24)19-20-9-4-10-21-19/h4-10,14,18H,11-13H2,1-3H3. The first-order valence-electron chi connectivity index (χ1n) is 8.60. The smallest absolute Gasteiger partial charge is 0.225 e. The van der Waals surface area contributed by atoms with E-state index >= 15 is 0 Å². The molecule has 2 aromatic rings. The molecule has 1 aliphatic heterocycles. The van der Waals surface area contributed by atoms with Crippen LogP contribution in [-0.4, -0.2) is 46.5 Å². The number of benzene rings is 1. The number of amides is 1. The number of nitrogens with zero attached hydrogens (tertiary/aromatic N) is 4. The zero-order chi connectivity index (χ0) is 17.8. The Morgan fingerprint density at radius 3 is 2.44 bits per heavy atom. The van der Waals surface area contributed by atoms with Gasteiger partial charge in [0.05, 0.1) is 12.1 Å². The minimum absolute atomic E-state index is 0.0249. The van der Waals surface area contributed by atoms with Crippen molar-refractivity contribution in [1.29, 1.82) is 0 Å². The Bertz CT molecular complexity index is 703. The number of ether oxygens (including phenoxy) is 1. The largest absolute Gasteiger partial charge is 0.491 e. The van der Waals surface area contributed by atoms with Crippen LogP contribution in [0.3, 0.4) is 0 Å². The third-order valence-corrected chi connectivity index (χ3v) is 4.26. The highest BCUT2D eigenvalue weighted by Gasteiger charge is 2.31. The van der Waals surface area contributed by atoms with Gasteiger partial charge in [-0.15, -0.1) is 0 Å². The zero-order valence-electron chi connectivity index (χ0n) is 14.9. The second kappa shape index (κ2) is 7.51. The van der Waals surface area contributed by atoms with Crippen LogP contribution in [0.1, 0.15) is 32.4 Å². The van der Waals surface area contributed by atoms with Crippen LogP contribution in [0.25, 0.3) is 0 Å². The normalized spacial score (nSPS) is 17.7. The predicted octanol–water partition coefficient (Wildman–Crippen LogP) is 2.67. The van der Waals surface area contributed by atoms with Crippen LogP contribution in [0.2, 0.25) is 0 Å². The van der Waals surface area contributed by atoms with Crippen molar-refractivity contribution in [2.24, 2.45) is 0 Å². The van der Waals surface area contributed by atoms with Gasteiger partial charge in [0.1, 0.15) is 5.75 Å². The van der Waals surface area contributed by atoms with Gasteiger partial charge in [0.25, 0.3) is 0 Å². The summed E-state index contributed by atoms with van der Waals surface area (Å²) in [5.74, 6) is 1.63. The number of carbonyl (C=O) groups is 1. The maximum Gasteiger partial charge on any atom is 0.225 e. The molecule has 1 amide bonds. The molecule has 1 atom stereocenters. The van der Waals surface area contributed by atoms with Crippen molar-refractivity contribution in [2.75, 3.05) is 24.5 Å². The van der Waals surface area contributed by atoms with Crippen molar-refractivity contribution in [1.82, 2.24) is 14.9 Å². The molecule has 6 heteroatoms. The van der Waals surface area contributed by atoms with E-state index in [0.717, 1.165) is 17.9 Å². The van der Waals surface area contributed by atoms with Gasteiger partial charge in [-0.2, -0.15) is 0 Å². The van der Waals surface area contributed by atoms with E-state index in [2.05, 4.69) is 14.9 Å². The van der Waals surface area contributed by atoms with E-state index in [1.807, 2.05) is 43.0 Å². The summed E-state index contributed by atoms with van der Waals surface area (Å²) in [4.78, 5) is 24.8. The van der Waals surface area contributed by atoms with Crippen LogP contribution >= 0.6 is 0 Å². The molecule has 2 heterocycles. The quantitative estimate of drug-likeness (QED) is 0.856. The maximum atomic E-state index is 12.1. The van der Waals surface area contributed by atoms with E-state index in [4.69, 9.17) is 4.74 Å². The highest BCUT2D eigenvalue weighted by Crippen LogP contribution is 2.28. The molecule has 6 nitrogen and oxygen atoms in total. The lowest BCUT2D eigenvalue weighted by atomic mass is 10.0. The SMILES string of the molecule is CC(=O)N1CCN(c2ncccn2)CC1c1ccc(OC(C)C)cc1. The first kappa shape index (κ1) is 17.2. The lowest BCUT2D eigenvalue weighted by molar-refractivity contribution is -0.131. The number of piperazine rings is 1. The first-order valence-corrected chi connectivity index (χ1v) is 8.60. The maximum absolute atomic E-state index is 12.1. The van der Waals surface area contributed by atoms with Crippen LogP contribution in [0, 0.1) is 0 Å². The molecule has 0 saturated carbocycles. The van der Waals surface area contributed by atoms with Crippen molar-refractivity contribution in [3.8, 4) is 5.75 Å². The molecule has 0 bridgehead atoms. The van der Waals surface area contributed by atoms with E-state index in [1.54, 1.807) is 25.4 Å². The van der Waals surface area contributed by atoms with Crippen LogP contribution in [0.15, 0.2) is 42.7 Å². The van der Waals surface area contributed by atoms with Gasteiger partial charge in [0.2, 0.25) is 11.9 Å². The van der Waals surface area contributed by atoms with E-state index in [0.29, 0.717) is 19.0 Å². The number of rotatable bonds is 4. The molecule has 1 unspecified atom stereocenters. The number of aromatic nitrogens is 2. The van der Waals surface area contributed by atoms with Gasteiger partial charge >= 0.3 is 0 Å². The summed E-state index contributed by atoms with van der Waals surface area (Å²) >= 11 is 0. The van der Waals surface area contributed by atoms with Gasteiger partial charge in [-0.25, -0.2) is 9.97 Å². The Kier molecular flexibility index (Phi) is 5.16. The highest BCUT2D eigenvalue weighted by atomic mass is 16.5. The second-order valence-corrected chi connectivity index (χ2v) is 6.46. The summed E-state index contributed by atoms with van der Waals surface area (Å²) in [6.45, 7) is 7.69. The van der Waals surface area contributed by atoms with Crippen molar-refractivity contribution in [3.63, 3.8) is 0 Å². The van der Waals surface area contributed by atoms with Gasteiger partial charge in [-0.1, -0.05) is 12.1 Å². The molecule has 0 spiro atoms. The Morgan fingerprint density at radius 1 is 1.16 bits per heavy atom. The van der Waals surface area contributed by atoms with E-state index in [1.165, 1.54) is 0 Å². The Balaban J connectivity index is 1.82. The molecular weight excluding hydrogens is 316 g/mol. The van der Waals surface area contributed by atoms with Crippen molar-refractivity contribution in [2.45, 2.75) is 32.9 Å². The van der Waals surface area contributed by atoms with E-state index in [9.17, 15) is 4.79 Å². The van der Waals surface area contributed by atoms with Crippen molar-refractivity contribution < 1.29 is 9.53 Å². The fourth-order valence-electron chi connectivity index (χ4n) is 3.12. The van der Waals surface area contributed by atoms with Crippen LogP contribution in [0.4, 0.5) is 5.95 Å². The molecule has 132 valence electrons. The van der Waals surface area contributed by atoms with Crippen LogP contribution in [0.5, 0.6) is 5.75 Å². The number of hydrogen-bond donors (Lipinski definition) is 0. The molecule has 1 aromatic heterocycles. The lowest BCUT2D eigenvalue weighted by Gasteiger charge is -2.41. The lowest BCUT2D eigenvalue weighted by Crippen LogP contribution is -2.50. The number of hydrogen-bond acceptors (Lipinski definition) is 5. The third kappa shape index (κ3) is 4.07. The van der Waals surface area contributed by atoms with Crippen molar-refractivity contribution >= 4 is 11.9 Å². The minimum atomic E-state index is -0.0249. The van der Waals surface area contributed by atoms with E-state index in [-0.39, 0.29) is 18.1 Å². The summed E-state index contributed by atoms with van der Waals surface area (Å²) in [6.07, 6.45) is 3.62. The molecule has 1 fully saturated rings. The molecule has 1 aliphatic rings. The molecule has 3 rings (SSSR count). The average molecular weight is 340 g/mol. The van der Waals surface area contributed by atoms with Gasteiger partial charge in [0, 0.05) is 39.0 Å². The number of carbonyl (C=O) groups excluding carboxylic acids is 1. The topological polar surface area (TPSA) is 58.6 Å². The summed E-state index contributed by atoms with van der Waals surface area (Å²) in [5, 5.41) is 0. The van der Waals surface area contributed by atoms with Crippen LogP contribution < -0.4 is 9.64 Å². The zero-order valence-corrected chi connectivity index (χ0v) is 14.9. The van der Waals surface area contributed by atoms with Gasteiger partial charge in [-0.05, 0) is 37.6 Å². The molecule has 0 aliphatic carbocycles. The third-order valence-electron chi connectivity index (χ3n) is 4.26. The monoisotopic (exact) mass is 340 g/mol. The molecule has 25 heavy (non-hydrogen) atoms. The molecule has 1 aromatic carbocycles. The summed E-state index contributed by atoms with van der Waals surface area (Å²) in [6, 6.07) is 9.78. The summed E-state index contributed by atoms with van der Waals surface area (Å²) in [5.41, 5.74) is 1.09. The Labute approximate surface area is 148 Å².